The van der Waals surface area contributed by atoms with E-state index in [0.717, 1.165) is 0 Å². The zero-order valence-electron chi connectivity index (χ0n) is 16.2. The van der Waals surface area contributed by atoms with Crippen LogP contribution in [-0.2, 0) is 14.8 Å². The maximum Gasteiger partial charge on any atom is 0.253 e. The lowest BCUT2D eigenvalue weighted by Gasteiger charge is -2.30. The van der Waals surface area contributed by atoms with Crippen LogP contribution in [0.5, 0.6) is 0 Å². The van der Waals surface area contributed by atoms with Crippen molar-refractivity contribution in [3.63, 3.8) is 0 Å². The van der Waals surface area contributed by atoms with Crippen LogP contribution in [0.25, 0.3) is 0 Å². The molecule has 0 saturated carbocycles. The van der Waals surface area contributed by atoms with E-state index in [2.05, 4.69) is 10.6 Å². The Kier molecular flexibility index (Phi) is 7.38. The molecule has 150 valence electrons. The van der Waals surface area contributed by atoms with Crippen molar-refractivity contribution in [3.05, 3.63) is 29.8 Å². The maximum atomic E-state index is 12.6. The van der Waals surface area contributed by atoms with Crippen LogP contribution in [0.1, 0.15) is 44.0 Å². The van der Waals surface area contributed by atoms with Gasteiger partial charge in [0.2, 0.25) is 15.9 Å². The number of sulfonamides is 1. The summed E-state index contributed by atoms with van der Waals surface area (Å²) in [6.45, 7) is 6.91. The van der Waals surface area contributed by atoms with E-state index in [4.69, 9.17) is 0 Å². The molecule has 0 spiro atoms. The largest absolute Gasteiger partial charge is 0.352 e. The number of carbonyl (C=O) groups excluding carboxylic acids is 2. The molecule has 2 N–H and O–H groups in total. The third-order valence-corrected chi connectivity index (χ3v) is 6.56. The molecule has 1 fully saturated rings. The lowest BCUT2D eigenvalue weighted by molar-refractivity contribution is -0.120. The van der Waals surface area contributed by atoms with Gasteiger partial charge in [-0.3, -0.25) is 9.59 Å². The van der Waals surface area contributed by atoms with Gasteiger partial charge in [0.25, 0.3) is 5.91 Å². The van der Waals surface area contributed by atoms with Gasteiger partial charge in [0, 0.05) is 25.6 Å². The quantitative estimate of drug-likeness (QED) is 0.739. The average molecular weight is 396 g/mol. The van der Waals surface area contributed by atoms with Gasteiger partial charge in [-0.05, 0) is 37.8 Å². The van der Waals surface area contributed by atoms with Gasteiger partial charge < -0.3 is 10.6 Å². The number of anilines is 1. The number of piperidine rings is 1. The first kappa shape index (κ1) is 21.4. The summed E-state index contributed by atoms with van der Waals surface area (Å²) in [6, 6.07) is 6.92. The van der Waals surface area contributed by atoms with E-state index >= 15 is 0 Å². The zero-order chi connectivity index (χ0) is 20.0. The molecule has 8 heteroatoms. The first-order valence-corrected chi connectivity index (χ1v) is 11.0. The van der Waals surface area contributed by atoms with E-state index in [-0.39, 0.29) is 23.5 Å². The normalized spacial score (nSPS) is 16.3. The van der Waals surface area contributed by atoms with E-state index in [1.54, 1.807) is 31.2 Å². The summed E-state index contributed by atoms with van der Waals surface area (Å²) in [6.07, 6.45) is 0.958. The lowest BCUT2D eigenvalue weighted by Crippen LogP contribution is -2.42. The van der Waals surface area contributed by atoms with Crippen molar-refractivity contribution in [2.45, 2.75) is 33.6 Å². The number of hydrogen-bond acceptors (Lipinski definition) is 4. The molecule has 2 amide bonds. The summed E-state index contributed by atoms with van der Waals surface area (Å²) < 4.78 is 25.3. The first-order valence-electron chi connectivity index (χ1n) is 9.40. The third-order valence-electron chi connectivity index (χ3n) is 4.68. The Morgan fingerprint density at radius 3 is 2.41 bits per heavy atom. The molecule has 1 aromatic carbocycles. The van der Waals surface area contributed by atoms with Gasteiger partial charge in [0.15, 0.2) is 0 Å². The number of rotatable bonds is 7. The lowest BCUT2D eigenvalue weighted by atomic mass is 9.97. The molecule has 1 aliphatic rings. The minimum atomic E-state index is -3.21. The highest BCUT2D eigenvalue weighted by Gasteiger charge is 2.30. The smallest absolute Gasteiger partial charge is 0.253 e. The average Bonchev–Trinajstić information content (AvgIpc) is 2.66. The Labute approximate surface area is 161 Å². The van der Waals surface area contributed by atoms with Crippen molar-refractivity contribution in [2.75, 3.05) is 30.7 Å². The number of amides is 2. The van der Waals surface area contributed by atoms with Crippen LogP contribution in [0, 0.1) is 11.8 Å². The van der Waals surface area contributed by atoms with Crippen LogP contribution < -0.4 is 10.6 Å². The molecule has 1 aliphatic heterocycles. The van der Waals surface area contributed by atoms with Gasteiger partial charge in [0.1, 0.15) is 0 Å². The molecule has 0 bridgehead atoms. The van der Waals surface area contributed by atoms with E-state index in [1.807, 2.05) is 13.8 Å². The minimum absolute atomic E-state index is 0.0721. The van der Waals surface area contributed by atoms with E-state index in [0.29, 0.717) is 49.6 Å². The zero-order valence-corrected chi connectivity index (χ0v) is 17.0. The Balaban J connectivity index is 2.00. The molecule has 0 unspecified atom stereocenters. The molecule has 27 heavy (non-hydrogen) atoms. The van der Waals surface area contributed by atoms with Gasteiger partial charge in [-0.15, -0.1) is 0 Å². The van der Waals surface area contributed by atoms with Crippen molar-refractivity contribution in [1.29, 1.82) is 0 Å². The topological polar surface area (TPSA) is 95.6 Å². The number of nitrogens with one attached hydrogen (secondary N) is 2. The van der Waals surface area contributed by atoms with Gasteiger partial charge in [0.05, 0.1) is 17.0 Å². The second-order valence-corrected chi connectivity index (χ2v) is 9.47. The van der Waals surface area contributed by atoms with Crippen LogP contribution >= 0.6 is 0 Å². The number of nitrogens with zero attached hydrogens (tertiary/aromatic N) is 1. The summed E-state index contributed by atoms with van der Waals surface area (Å²) in [7, 11) is -3.21. The molecule has 1 heterocycles. The summed E-state index contributed by atoms with van der Waals surface area (Å²) >= 11 is 0. The summed E-state index contributed by atoms with van der Waals surface area (Å²) in [5.41, 5.74) is 0.907. The molecular weight excluding hydrogens is 366 g/mol. The summed E-state index contributed by atoms with van der Waals surface area (Å²) in [5, 5.41) is 5.71. The molecule has 2 rings (SSSR count). The predicted octanol–water partition coefficient (Wildman–Crippen LogP) is 2.07. The minimum Gasteiger partial charge on any atom is -0.352 e. The fourth-order valence-corrected chi connectivity index (χ4v) is 4.13. The fourth-order valence-electron chi connectivity index (χ4n) is 3.00. The summed E-state index contributed by atoms with van der Waals surface area (Å²) in [4.78, 5) is 25.0. The standard InChI is InChI=1S/C19H29N3O4S/c1-4-27(25,26)22-11-9-15(10-12-22)18(23)21-17-8-6-5-7-16(17)19(24)20-13-14(2)3/h5-8,14-15H,4,9-13H2,1-3H3,(H,20,24)(H,21,23). The van der Waals surface area contributed by atoms with E-state index in [9.17, 15) is 18.0 Å². The first-order chi connectivity index (χ1) is 12.7. The molecule has 0 radical (unpaired) electrons. The van der Waals surface area contributed by atoms with Crippen LogP contribution in [0.2, 0.25) is 0 Å². The van der Waals surface area contributed by atoms with Crippen molar-refractivity contribution in [2.24, 2.45) is 11.8 Å². The molecular formula is C19H29N3O4S. The SMILES string of the molecule is CCS(=O)(=O)N1CCC(C(=O)Nc2ccccc2C(=O)NCC(C)C)CC1. The summed E-state index contributed by atoms with van der Waals surface area (Å²) in [5.74, 6) is -0.251. The van der Waals surface area contributed by atoms with Crippen molar-refractivity contribution in [1.82, 2.24) is 9.62 Å². The highest BCUT2D eigenvalue weighted by atomic mass is 32.2. The van der Waals surface area contributed by atoms with Crippen LogP contribution in [-0.4, -0.2) is 49.9 Å². The Bertz CT molecular complexity index is 769. The van der Waals surface area contributed by atoms with E-state index in [1.165, 1.54) is 4.31 Å². The molecule has 1 aromatic rings. The molecule has 0 aliphatic carbocycles. The van der Waals surface area contributed by atoms with Crippen LogP contribution in [0.3, 0.4) is 0 Å². The maximum absolute atomic E-state index is 12.6. The monoisotopic (exact) mass is 395 g/mol. The number of carbonyl (C=O) groups is 2. The van der Waals surface area contributed by atoms with Crippen LogP contribution in [0.4, 0.5) is 5.69 Å². The van der Waals surface area contributed by atoms with Gasteiger partial charge in [-0.2, -0.15) is 0 Å². The molecule has 0 atom stereocenters. The molecule has 0 aromatic heterocycles. The second-order valence-electron chi connectivity index (χ2n) is 7.21. The predicted molar refractivity (Wildman–Crippen MR) is 106 cm³/mol. The van der Waals surface area contributed by atoms with E-state index < -0.39 is 10.0 Å². The van der Waals surface area contributed by atoms with Crippen molar-refractivity contribution in [3.8, 4) is 0 Å². The van der Waals surface area contributed by atoms with Crippen molar-refractivity contribution < 1.29 is 18.0 Å². The number of hydrogen-bond donors (Lipinski definition) is 2. The highest BCUT2D eigenvalue weighted by molar-refractivity contribution is 7.89. The number of benzene rings is 1. The second kappa shape index (κ2) is 9.32. The number of para-hydroxylation sites is 1. The highest BCUT2D eigenvalue weighted by Crippen LogP contribution is 2.23. The van der Waals surface area contributed by atoms with Crippen LogP contribution in [0.15, 0.2) is 24.3 Å². The van der Waals surface area contributed by atoms with Crippen molar-refractivity contribution >= 4 is 27.5 Å². The molecule has 7 nitrogen and oxygen atoms in total. The van der Waals surface area contributed by atoms with Gasteiger partial charge in [-0.25, -0.2) is 12.7 Å². The van der Waals surface area contributed by atoms with Gasteiger partial charge >= 0.3 is 0 Å². The fraction of sp³-hybridized carbons (Fsp3) is 0.579. The van der Waals surface area contributed by atoms with Gasteiger partial charge in [-0.1, -0.05) is 26.0 Å². The third kappa shape index (κ3) is 5.77. The Morgan fingerprint density at radius 2 is 1.81 bits per heavy atom. The Morgan fingerprint density at radius 1 is 1.19 bits per heavy atom. The Hall–Kier alpha value is -1.93. The molecule has 1 saturated heterocycles.